The smallest absolute Gasteiger partial charge is 0.0208 e. The first-order valence-electron chi connectivity index (χ1n) is 6.55. The molecule has 1 heteroatoms. The van der Waals surface area contributed by atoms with Gasteiger partial charge in [-0.1, -0.05) is 51.5 Å². The van der Waals surface area contributed by atoms with Crippen molar-refractivity contribution in [2.45, 2.75) is 46.6 Å². The van der Waals surface area contributed by atoms with Crippen molar-refractivity contribution in [1.82, 2.24) is 5.32 Å². The van der Waals surface area contributed by atoms with Crippen LogP contribution in [0, 0.1) is 5.92 Å². The third kappa shape index (κ3) is 4.36. The van der Waals surface area contributed by atoms with Crippen LogP contribution in [0.25, 0.3) is 0 Å². The first kappa shape index (κ1) is 13.2. The fraction of sp³-hybridized carbons (Fsp3) is 0.600. The maximum Gasteiger partial charge on any atom is 0.0208 e. The van der Waals surface area contributed by atoms with Crippen LogP contribution in [0.1, 0.15) is 44.7 Å². The Kier molecular flexibility index (Phi) is 6.17. The van der Waals surface area contributed by atoms with Crippen molar-refractivity contribution in [2.75, 3.05) is 6.54 Å². The Morgan fingerprint density at radius 3 is 2.44 bits per heavy atom. The van der Waals surface area contributed by atoms with E-state index in [0.717, 1.165) is 25.4 Å². The minimum absolute atomic E-state index is 0.791. The molecule has 0 spiro atoms. The van der Waals surface area contributed by atoms with Gasteiger partial charge in [0.2, 0.25) is 0 Å². The maximum absolute atomic E-state index is 3.56. The SMILES string of the molecule is CCCC(C)CNCc1ccccc1CC. The van der Waals surface area contributed by atoms with Gasteiger partial charge in [-0.2, -0.15) is 0 Å². The van der Waals surface area contributed by atoms with Crippen molar-refractivity contribution in [3.8, 4) is 0 Å². The van der Waals surface area contributed by atoms with Crippen LogP contribution in [0.3, 0.4) is 0 Å². The third-order valence-electron chi connectivity index (χ3n) is 3.09. The van der Waals surface area contributed by atoms with E-state index in [4.69, 9.17) is 0 Å². The summed E-state index contributed by atoms with van der Waals surface area (Å²) in [6.45, 7) is 8.94. The molecule has 1 aromatic rings. The number of rotatable bonds is 7. The minimum atomic E-state index is 0.791. The van der Waals surface area contributed by atoms with Gasteiger partial charge < -0.3 is 5.32 Å². The number of hydrogen-bond donors (Lipinski definition) is 1. The van der Waals surface area contributed by atoms with Gasteiger partial charge in [0.05, 0.1) is 0 Å². The third-order valence-corrected chi connectivity index (χ3v) is 3.09. The first-order chi connectivity index (χ1) is 7.77. The molecule has 1 nitrogen and oxygen atoms in total. The number of benzene rings is 1. The number of nitrogens with one attached hydrogen (secondary N) is 1. The van der Waals surface area contributed by atoms with Crippen LogP contribution in [-0.2, 0) is 13.0 Å². The van der Waals surface area contributed by atoms with Gasteiger partial charge in [0, 0.05) is 6.54 Å². The first-order valence-corrected chi connectivity index (χ1v) is 6.55. The molecule has 90 valence electrons. The van der Waals surface area contributed by atoms with Gasteiger partial charge in [-0.25, -0.2) is 0 Å². The summed E-state index contributed by atoms with van der Waals surface area (Å²) in [4.78, 5) is 0. The molecule has 0 fully saturated rings. The normalized spacial score (nSPS) is 12.7. The molecule has 1 aromatic carbocycles. The Morgan fingerprint density at radius 1 is 1.12 bits per heavy atom. The Morgan fingerprint density at radius 2 is 1.81 bits per heavy atom. The Labute approximate surface area is 100 Å². The lowest BCUT2D eigenvalue weighted by Gasteiger charge is -2.13. The van der Waals surface area contributed by atoms with Crippen molar-refractivity contribution in [1.29, 1.82) is 0 Å². The summed E-state index contributed by atoms with van der Waals surface area (Å²) >= 11 is 0. The van der Waals surface area contributed by atoms with Gasteiger partial charge in [0.1, 0.15) is 0 Å². The quantitative estimate of drug-likeness (QED) is 0.736. The molecular formula is C15H25N. The zero-order chi connectivity index (χ0) is 11.8. The van der Waals surface area contributed by atoms with Crippen LogP contribution < -0.4 is 5.32 Å². The van der Waals surface area contributed by atoms with Crippen LogP contribution in [-0.4, -0.2) is 6.54 Å². The van der Waals surface area contributed by atoms with Crippen LogP contribution in [0.5, 0.6) is 0 Å². The molecule has 1 unspecified atom stereocenters. The van der Waals surface area contributed by atoms with Crippen LogP contribution in [0.4, 0.5) is 0 Å². The van der Waals surface area contributed by atoms with E-state index in [2.05, 4.69) is 50.4 Å². The second kappa shape index (κ2) is 7.45. The van der Waals surface area contributed by atoms with Gasteiger partial charge in [-0.3, -0.25) is 0 Å². The maximum atomic E-state index is 3.56. The van der Waals surface area contributed by atoms with Crippen LogP contribution in [0.2, 0.25) is 0 Å². The highest BCUT2D eigenvalue weighted by Crippen LogP contribution is 2.09. The van der Waals surface area contributed by atoms with Gasteiger partial charge in [-0.15, -0.1) is 0 Å². The molecule has 1 rings (SSSR count). The molecule has 0 saturated carbocycles. The molecule has 16 heavy (non-hydrogen) atoms. The van der Waals surface area contributed by atoms with Gasteiger partial charge in [0.15, 0.2) is 0 Å². The monoisotopic (exact) mass is 219 g/mol. The standard InChI is InChI=1S/C15H25N/c1-4-8-13(3)11-16-12-15-10-7-6-9-14(15)5-2/h6-7,9-10,13,16H,4-5,8,11-12H2,1-3H3. The van der Waals surface area contributed by atoms with Gasteiger partial charge in [-0.05, 0) is 36.4 Å². The number of hydrogen-bond acceptors (Lipinski definition) is 1. The van der Waals surface area contributed by atoms with E-state index in [9.17, 15) is 0 Å². The van der Waals surface area contributed by atoms with Gasteiger partial charge >= 0.3 is 0 Å². The molecule has 0 amide bonds. The van der Waals surface area contributed by atoms with Crippen molar-refractivity contribution >= 4 is 0 Å². The average Bonchev–Trinajstić information content (AvgIpc) is 2.30. The van der Waals surface area contributed by atoms with E-state index in [1.807, 2.05) is 0 Å². The van der Waals surface area contributed by atoms with Crippen molar-refractivity contribution < 1.29 is 0 Å². The van der Waals surface area contributed by atoms with E-state index < -0.39 is 0 Å². The fourth-order valence-corrected chi connectivity index (χ4v) is 2.12. The van der Waals surface area contributed by atoms with E-state index in [1.165, 1.54) is 24.0 Å². The highest BCUT2D eigenvalue weighted by Gasteiger charge is 2.02. The van der Waals surface area contributed by atoms with E-state index in [-0.39, 0.29) is 0 Å². The highest BCUT2D eigenvalue weighted by atomic mass is 14.9. The van der Waals surface area contributed by atoms with E-state index in [0.29, 0.717) is 0 Å². The summed E-state index contributed by atoms with van der Waals surface area (Å²) in [5, 5.41) is 3.56. The highest BCUT2D eigenvalue weighted by molar-refractivity contribution is 5.26. The lowest BCUT2D eigenvalue weighted by Crippen LogP contribution is -2.21. The van der Waals surface area contributed by atoms with Crippen molar-refractivity contribution in [2.24, 2.45) is 5.92 Å². The largest absolute Gasteiger partial charge is 0.312 e. The Bertz CT molecular complexity index is 293. The molecule has 1 atom stereocenters. The molecule has 0 aliphatic heterocycles. The summed E-state index contributed by atoms with van der Waals surface area (Å²) in [6, 6.07) is 8.72. The topological polar surface area (TPSA) is 12.0 Å². The van der Waals surface area contributed by atoms with Crippen LogP contribution in [0.15, 0.2) is 24.3 Å². The molecule has 0 aromatic heterocycles. The van der Waals surface area contributed by atoms with Crippen molar-refractivity contribution in [3.05, 3.63) is 35.4 Å². The molecule has 0 radical (unpaired) electrons. The second-order valence-corrected chi connectivity index (χ2v) is 4.65. The van der Waals surface area contributed by atoms with Gasteiger partial charge in [0.25, 0.3) is 0 Å². The lowest BCUT2D eigenvalue weighted by atomic mass is 10.0. The molecule has 0 aliphatic carbocycles. The molecule has 0 aliphatic rings. The molecule has 1 N–H and O–H groups in total. The summed E-state index contributed by atoms with van der Waals surface area (Å²) in [5.41, 5.74) is 2.92. The summed E-state index contributed by atoms with van der Waals surface area (Å²) in [7, 11) is 0. The predicted molar refractivity (Wildman–Crippen MR) is 71.6 cm³/mol. The second-order valence-electron chi connectivity index (χ2n) is 4.65. The van der Waals surface area contributed by atoms with E-state index >= 15 is 0 Å². The van der Waals surface area contributed by atoms with Crippen molar-refractivity contribution in [3.63, 3.8) is 0 Å². The Hall–Kier alpha value is -0.820. The average molecular weight is 219 g/mol. The molecular weight excluding hydrogens is 194 g/mol. The molecule has 0 saturated heterocycles. The molecule has 0 bridgehead atoms. The molecule has 0 heterocycles. The predicted octanol–water partition coefficient (Wildman–Crippen LogP) is 3.77. The summed E-state index contributed by atoms with van der Waals surface area (Å²) in [5.74, 6) is 0.791. The zero-order valence-electron chi connectivity index (χ0n) is 10.9. The fourth-order valence-electron chi connectivity index (χ4n) is 2.12. The Balaban J connectivity index is 2.36. The minimum Gasteiger partial charge on any atom is -0.312 e. The number of aryl methyl sites for hydroxylation is 1. The van der Waals surface area contributed by atoms with E-state index in [1.54, 1.807) is 0 Å². The summed E-state index contributed by atoms with van der Waals surface area (Å²) in [6.07, 6.45) is 3.74. The lowest BCUT2D eigenvalue weighted by molar-refractivity contribution is 0.475. The zero-order valence-corrected chi connectivity index (χ0v) is 10.9. The summed E-state index contributed by atoms with van der Waals surface area (Å²) < 4.78 is 0. The van der Waals surface area contributed by atoms with Crippen LogP contribution >= 0.6 is 0 Å².